The summed E-state index contributed by atoms with van der Waals surface area (Å²) in [6.45, 7) is 6.44. The van der Waals surface area contributed by atoms with Gasteiger partial charge in [0, 0.05) is 25.7 Å². The first-order valence-electron chi connectivity index (χ1n) is 5.97. The van der Waals surface area contributed by atoms with Crippen LogP contribution >= 0.6 is 0 Å². The molecule has 1 aromatic carbocycles. The molecule has 86 valence electrons. The number of hydrogen-bond acceptors (Lipinski definition) is 2. The van der Waals surface area contributed by atoms with Gasteiger partial charge in [0.25, 0.3) is 0 Å². The minimum Gasteiger partial charge on any atom is -0.326 e. The van der Waals surface area contributed by atoms with E-state index in [0.29, 0.717) is 6.54 Å². The molecule has 2 N–H and O–H groups in total. The summed E-state index contributed by atoms with van der Waals surface area (Å²) >= 11 is 0. The molecule has 1 aliphatic rings. The summed E-state index contributed by atoms with van der Waals surface area (Å²) in [6, 6.07) is 9.21. The first-order chi connectivity index (χ1) is 7.85. The third kappa shape index (κ3) is 2.71. The second-order valence-corrected chi connectivity index (χ2v) is 4.42. The quantitative estimate of drug-likeness (QED) is 0.739. The van der Waals surface area contributed by atoms with Crippen LogP contribution in [0.2, 0.25) is 0 Å². The number of nitrogens with two attached hydrogens (primary N) is 1. The van der Waals surface area contributed by atoms with Crippen molar-refractivity contribution in [3.63, 3.8) is 0 Å². The highest BCUT2D eigenvalue weighted by Gasteiger charge is 2.28. The van der Waals surface area contributed by atoms with Crippen LogP contribution in [0.3, 0.4) is 0 Å². The Morgan fingerprint density at radius 3 is 2.56 bits per heavy atom. The van der Waals surface area contributed by atoms with E-state index in [0.717, 1.165) is 19.1 Å². The van der Waals surface area contributed by atoms with Gasteiger partial charge in [0.05, 0.1) is 0 Å². The van der Waals surface area contributed by atoms with Crippen LogP contribution in [-0.4, -0.2) is 17.5 Å². The van der Waals surface area contributed by atoms with E-state index in [1.807, 2.05) is 6.08 Å². The first kappa shape index (κ1) is 11.4. The van der Waals surface area contributed by atoms with E-state index in [-0.39, 0.29) is 0 Å². The fraction of sp³-hybridized carbons (Fsp3) is 0.429. The van der Waals surface area contributed by atoms with E-state index < -0.39 is 0 Å². The maximum absolute atomic E-state index is 5.75. The van der Waals surface area contributed by atoms with Gasteiger partial charge in [-0.25, -0.2) is 0 Å². The van der Waals surface area contributed by atoms with Crippen LogP contribution < -0.4 is 5.73 Å². The molecule has 0 heterocycles. The molecule has 2 nitrogen and oxygen atoms in total. The Balaban J connectivity index is 2.07. The molecule has 0 bridgehead atoms. The molecule has 0 spiro atoms. The van der Waals surface area contributed by atoms with Crippen molar-refractivity contribution in [2.75, 3.05) is 6.54 Å². The lowest BCUT2D eigenvalue weighted by Gasteiger charge is -2.21. The molecule has 1 aliphatic carbocycles. The fourth-order valence-corrected chi connectivity index (χ4v) is 2.08. The van der Waals surface area contributed by atoms with Crippen molar-refractivity contribution in [3.05, 3.63) is 48.0 Å². The van der Waals surface area contributed by atoms with Gasteiger partial charge in [-0.2, -0.15) is 0 Å². The van der Waals surface area contributed by atoms with E-state index in [1.54, 1.807) is 0 Å². The van der Waals surface area contributed by atoms with E-state index in [4.69, 9.17) is 5.73 Å². The Hall–Kier alpha value is -1.12. The summed E-state index contributed by atoms with van der Waals surface area (Å²) in [5.74, 6) is 0. The molecular formula is C14H20N2. The van der Waals surface area contributed by atoms with Gasteiger partial charge in [-0.3, -0.25) is 4.90 Å². The summed E-state index contributed by atoms with van der Waals surface area (Å²) in [5.41, 5.74) is 8.37. The monoisotopic (exact) mass is 216 g/mol. The maximum Gasteiger partial charge on any atom is 0.0243 e. The SMILES string of the molecule is C=CCN(Cc1ccccc1CN)C1CC1. The molecule has 1 saturated carbocycles. The molecule has 0 saturated heterocycles. The van der Waals surface area contributed by atoms with Gasteiger partial charge in [0.2, 0.25) is 0 Å². The molecule has 1 fully saturated rings. The first-order valence-corrected chi connectivity index (χ1v) is 5.97. The highest BCUT2D eigenvalue weighted by molar-refractivity contribution is 5.27. The maximum atomic E-state index is 5.75. The van der Waals surface area contributed by atoms with Crippen LogP contribution in [0, 0.1) is 0 Å². The van der Waals surface area contributed by atoms with Gasteiger partial charge in [0.15, 0.2) is 0 Å². The van der Waals surface area contributed by atoms with Crippen LogP contribution in [0.5, 0.6) is 0 Å². The molecule has 0 aromatic heterocycles. The van der Waals surface area contributed by atoms with Crippen molar-refractivity contribution in [1.82, 2.24) is 4.90 Å². The average Bonchev–Trinajstić information content (AvgIpc) is 3.13. The van der Waals surface area contributed by atoms with Gasteiger partial charge in [-0.1, -0.05) is 30.3 Å². The van der Waals surface area contributed by atoms with Gasteiger partial charge in [0.1, 0.15) is 0 Å². The van der Waals surface area contributed by atoms with Crippen molar-refractivity contribution in [2.24, 2.45) is 5.73 Å². The summed E-state index contributed by atoms with van der Waals surface area (Å²) in [6.07, 6.45) is 4.65. The van der Waals surface area contributed by atoms with Gasteiger partial charge < -0.3 is 5.73 Å². The highest BCUT2D eigenvalue weighted by atomic mass is 15.2. The number of rotatable bonds is 6. The average molecular weight is 216 g/mol. The Morgan fingerprint density at radius 2 is 2.00 bits per heavy atom. The summed E-state index contributed by atoms with van der Waals surface area (Å²) in [5, 5.41) is 0. The zero-order valence-electron chi connectivity index (χ0n) is 9.73. The lowest BCUT2D eigenvalue weighted by Crippen LogP contribution is -2.26. The molecule has 2 heteroatoms. The normalized spacial score (nSPS) is 15.4. The molecule has 1 aromatic rings. The Labute approximate surface area is 97.8 Å². The molecule has 0 unspecified atom stereocenters. The smallest absolute Gasteiger partial charge is 0.0243 e. The standard InChI is InChI=1S/C14H20N2/c1-2-9-16(14-7-8-14)11-13-6-4-3-5-12(13)10-15/h2-6,14H,1,7-11,15H2. The molecule has 2 rings (SSSR count). The van der Waals surface area contributed by atoms with Crippen LogP contribution in [0.25, 0.3) is 0 Å². The summed E-state index contributed by atoms with van der Waals surface area (Å²) in [7, 11) is 0. The second kappa shape index (κ2) is 5.28. The molecule has 0 radical (unpaired) electrons. The van der Waals surface area contributed by atoms with E-state index in [1.165, 1.54) is 24.0 Å². The van der Waals surface area contributed by atoms with E-state index >= 15 is 0 Å². The largest absolute Gasteiger partial charge is 0.326 e. The molecule has 16 heavy (non-hydrogen) atoms. The fourth-order valence-electron chi connectivity index (χ4n) is 2.08. The molecule has 0 aliphatic heterocycles. The summed E-state index contributed by atoms with van der Waals surface area (Å²) < 4.78 is 0. The van der Waals surface area contributed by atoms with Crippen LogP contribution in [0.1, 0.15) is 24.0 Å². The van der Waals surface area contributed by atoms with Crippen LogP contribution in [-0.2, 0) is 13.1 Å². The zero-order chi connectivity index (χ0) is 11.4. The van der Waals surface area contributed by atoms with Crippen molar-refractivity contribution in [2.45, 2.75) is 32.0 Å². The number of nitrogens with zero attached hydrogens (tertiary/aromatic N) is 1. The summed E-state index contributed by atoms with van der Waals surface area (Å²) in [4.78, 5) is 2.49. The Kier molecular flexibility index (Phi) is 3.75. The van der Waals surface area contributed by atoms with Crippen LogP contribution in [0.15, 0.2) is 36.9 Å². The van der Waals surface area contributed by atoms with Gasteiger partial charge >= 0.3 is 0 Å². The lowest BCUT2D eigenvalue weighted by molar-refractivity contribution is 0.283. The minimum absolute atomic E-state index is 0.628. The third-order valence-corrected chi connectivity index (χ3v) is 3.14. The van der Waals surface area contributed by atoms with Gasteiger partial charge in [-0.15, -0.1) is 6.58 Å². The predicted octanol–water partition coefficient (Wildman–Crippen LogP) is 2.30. The van der Waals surface area contributed by atoms with E-state index in [9.17, 15) is 0 Å². The van der Waals surface area contributed by atoms with Crippen molar-refractivity contribution in [1.29, 1.82) is 0 Å². The van der Waals surface area contributed by atoms with Crippen molar-refractivity contribution >= 4 is 0 Å². The van der Waals surface area contributed by atoms with Crippen LogP contribution in [0.4, 0.5) is 0 Å². The van der Waals surface area contributed by atoms with Crippen molar-refractivity contribution < 1.29 is 0 Å². The predicted molar refractivity (Wildman–Crippen MR) is 68.0 cm³/mol. The number of hydrogen-bond donors (Lipinski definition) is 1. The molecule has 0 atom stereocenters. The highest BCUT2D eigenvalue weighted by Crippen LogP contribution is 2.28. The minimum atomic E-state index is 0.628. The Morgan fingerprint density at radius 1 is 1.31 bits per heavy atom. The topological polar surface area (TPSA) is 29.3 Å². The van der Waals surface area contributed by atoms with Crippen molar-refractivity contribution in [3.8, 4) is 0 Å². The van der Waals surface area contributed by atoms with Gasteiger partial charge in [-0.05, 0) is 24.0 Å². The third-order valence-electron chi connectivity index (χ3n) is 3.14. The van der Waals surface area contributed by atoms with E-state index in [2.05, 4.69) is 35.7 Å². The number of benzene rings is 1. The second-order valence-electron chi connectivity index (χ2n) is 4.42. The molecule has 0 amide bonds. The Bertz CT molecular complexity index is 356. The molecular weight excluding hydrogens is 196 g/mol. The lowest BCUT2D eigenvalue weighted by atomic mass is 10.1. The zero-order valence-corrected chi connectivity index (χ0v) is 9.73.